The van der Waals surface area contributed by atoms with E-state index < -0.39 is 5.54 Å². The van der Waals surface area contributed by atoms with Gasteiger partial charge >= 0.3 is 0 Å². The van der Waals surface area contributed by atoms with Crippen molar-refractivity contribution < 1.29 is 14.3 Å². The number of rotatable bonds is 7. The predicted octanol–water partition coefficient (Wildman–Crippen LogP) is 3.74. The van der Waals surface area contributed by atoms with Crippen molar-refractivity contribution in [1.82, 2.24) is 14.9 Å². The highest BCUT2D eigenvalue weighted by Crippen LogP contribution is 2.58. The van der Waals surface area contributed by atoms with Crippen LogP contribution in [-0.2, 0) is 16.1 Å². The SMILES string of the molecule is Cc1ccc(Oc2ccc3nc(CNC4(C(N)=O)CC4)n([C@H]4CC45CCCO5)c3c2)cc1. The fourth-order valence-corrected chi connectivity index (χ4v) is 5.02. The van der Waals surface area contributed by atoms with Crippen LogP contribution >= 0.6 is 0 Å². The minimum atomic E-state index is -0.576. The van der Waals surface area contributed by atoms with Crippen LogP contribution in [0.2, 0.25) is 0 Å². The molecule has 1 spiro atoms. The number of imidazole rings is 1. The number of aromatic nitrogens is 2. The first-order valence-corrected chi connectivity index (χ1v) is 11.4. The largest absolute Gasteiger partial charge is 0.457 e. The summed E-state index contributed by atoms with van der Waals surface area (Å²) in [5.41, 5.74) is 8.12. The van der Waals surface area contributed by atoms with Gasteiger partial charge in [0.1, 0.15) is 17.3 Å². The number of carbonyl (C=O) groups excluding carboxylic acids is 1. The van der Waals surface area contributed by atoms with Crippen molar-refractivity contribution in [1.29, 1.82) is 0 Å². The number of nitrogens with two attached hydrogens (primary N) is 1. The van der Waals surface area contributed by atoms with Gasteiger partial charge in [-0.3, -0.25) is 10.1 Å². The molecule has 7 heteroatoms. The summed E-state index contributed by atoms with van der Waals surface area (Å²) in [4.78, 5) is 16.8. The molecular formula is C25H28N4O3. The fraction of sp³-hybridized carbons (Fsp3) is 0.440. The molecule has 2 atom stereocenters. The molecule has 3 fully saturated rings. The Morgan fingerprint density at radius 3 is 2.69 bits per heavy atom. The minimum absolute atomic E-state index is 0.0723. The van der Waals surface area contributed by atoms with Gasteiger partial charge in [-0.2, -0.15) is 0 Å². The van der Waals surface area contributed by atoms with Gasteiger partial charge in [0.15, 0.2) is 0 Å². The maximum Gasteiger partial charge on any atom is 0.237 e. The van der Waals surface area contributed by atoms with Gasteiger partial charge in [0.2, 0.25) is 5.91 Å². The van der Waals surface area contributed by atoms with E-state index in [9.17, 15) is 4.79 Å². The lowest BCUT2D eigenvalue weighted by Gasteiger charge is -2.16. The van der Waals surface area contributed by atoms with Crippen LogP contribution in [0.3, 0.4) is 0 Å². The third-order valence-electron chi connectivity index (χ3n) is 7.23. The van der Waals surface area contributed by atoms with Crippen LogP contribution < -0.4 is 15.8 Å². The van der Waals surface area contributed by atoms with Gasteiger partial charge in [-0.1, -0.05) is 17.7 Å². The molecule has 1 amide bonds. The van der Waals surface area contributed by atoms with Crippen molar-refractivity contribution in [3.63, 3.8) is 0 Å². The number of ether oxygens (including phenoxy) is 2. The van der Waals surface area contributed by atoms with E-state index in [0.717, 1.165) is 67.1 Å². The van der Waals surface area contributed by atoms with Gasteiger partial charge in [-0.15, -0.1) is 0 Å². The zero-order valence-electron chi connectivity index (χ0n) is 18.3. The Morgan fingerprint density at radius 1 is 1.22 bits per heavy atom. The summed E-state index contributed by atoms with van der Waals surface area (Å²) in [6.07, 6.45) is 4.74. The molecule has 32 heavy (non-hydrogen) atoms. The lowest BCUT2D eigenvalue weighted by Crippen LogP contribution is -2.43. The lowest BCUT2D eigenvalue weighted by molar-refractivity contribution is -0.121. The van der Waals surface area contributed by atoms with Gasteiger partial charge in [0, 0.05) is 19.1 Å². The van der Waals surface area contributed by atoms with Crippen molar-refractivity contribution in [2.75, 3.05) is 6.61 Å². The number of fused-ring (bicyclic) bond motifs is 1. The zero-order chi connectivity index (χ0) is 21.9. The number of aryl methyl sites for hydroxylation is 1. The molecule has 2 saturated carbocycles. The van der Waals surface area contributed by atoms with Crippen molar-refractivity contribution in [3.8, 4) is 11.5 Å². The third kappa shape index (κ3) is 3.27. The topological polar surface area (TPSA) is 91.4 Å². The summed E-state index contributed by atoms with van der Waals surface area (Å²) >= 11 is 0. The molecule has 2 aromatic carbocycles. The quantitative estimate of drug-likeness (QED) is 0.594. The Labute approximate surface area is 186 Å². The number of nitrogens with one attached hydrogen (secondary N) is 1. The molecule has 1 unspecified atom stereocenters. The Kier molecular flexibility index (Phi) is 4.35. The standard InChI is InChI=1S/C25H28N4O3/c1-16-3-5-17(6-4-16)32-18-7-8-19-20(13-18)29(21-14-25(21)9-2-12-31-25)22(28-19)15-27-24(10-11-24)23(26)30/h3-8,13,21,27H,2,9-12,14-15H2,1H3,(H2,26,30)/t21-,25?/m0/s1. The average Bonchev–Trinajstić information content (AvgIpc) is 3.61. The van der Waals surface area contributed by atoms with Crippen LogP contribution in [-0.4, -0.2) is 33.2 Å². The van der Waals surface area contributed by atoms with Crippen molar-refractivity contribution >= 4 is 16.9 Å². The molecular weight excluding hydrogens is 404 g/mol. The second-order valence-electron chi connectivity index (χ2n) is 9.50. The first-order valence-electron chi connectivity index (χ1n) is 11.4. The highest BCUT2D eigenvalue weighted by molar-refractivity contribution is 5.87. The monoisotopic (exact) mass is 432 g/mol. The van der Waals surface area contributed by atoms with Gasteiger partial charge in [-0.05, 0) is 56.9 Å². The number of nitrogens with zero attached hydrogens (tertiary/aromatic N) is 2. The summed E-state index contributed by atoms with van der Waals surface area (Å²) in [6, 6.07) is 14.3. The van der Waals surface area contributed by atoms with Gasteiger partial charge in [-0.25, -0.2) is 4.98 Å². The Morgan fingerprint density at radius 2 is 2.00 bits per heavy atom. The molecule has 0 bridgehead atoms. The van der Waals surface area contributed by atoms with E-state index in [-0.39, 0.29) is 17.6 Å². The second kappa shape index (κ2) is 7.05. The highest BCUT2D eigenvalue weighted by Gasteiger charge is 2.59. The number of amides is 1. The number of hydrogen-bond donors (Lipinski definition) is 2. The van der Waals surface area contributed by atoms with E-state index in [1.807, 2.05) is 36.4 Å². The molecule has 6 rings (SSSR count). The Hall–Kier alpha value is -2.90. The minimum Gasteiger partial charge on any atom is -0.457 e. The number of benzene rings is 2. The van der Waals surface area contributed by atoms with Crippen LogP contribution in [0, 0.1) is 6.92 Å². The molecule has 7 nitrogen and oxygen atoms in total. The van der Waals surface area contributed by atoms with Crippen molar-refractivity contribution in [3.05, 3.63) is 53.9 Å². The molecule has 3 aromatic rings. The van der Waals surface area contributed by atoms with Crippen molar-refractivity contribution in [2.45, 2.75) is 62.8 Å². The summed E-state index contributed by atoms with van der Waals surface area (Å²) in [5, 5.41) is 3.38. The smallest absolute Gasteiger partial charge is 0.237 e. The number of hydrogen-bond acceptors (Lipinski definition) is 5. The van der Waals surface area contributed by atoms with Crippen LogP contribution in [0.25, 0.3) is 11.0 Å². The summed E-state index contributed by atoms with van der Waals surface area (Å²) < 4.78 is 14.6. The predicted molar refractivity (Wildman–Crippen MR) is 121 cm³/mol. The number of primary amides is 1. The molecule has 0 radical (unpaired) electrons. The van der Waals surface area contributed by atoms with E-state index in [4.69, 9.17) is 20.2 Å². The van der Waals surface area contributed by atoms with Gasteiger partial charge in [0.05, 0.1) is 34.8 Å². The second-order valence-corrected chi connectivity index (χ2v) is 9.50. The molecule has 1 saturated heterocycles. The third-order valence-corrected chi connectivity index (χ3v) is 7.23. The lowest BCUT2D eigenvalue weighted by atomic mass is 10.2. The van der Waals surface area contributed by atoms with E-state index in [2.05, 4.69) is 22.9 Å². The maximum absolute atomic E-state index is 11.8. The highest BCUT2D eigenvalue weighted by atomic mass is 16.5. The van der Waals surface area contributed by atoms with E-state index in [1.54, 1.807) is 0 Å². The van der Waals surface area contributed by atoms with Crippen LogP contribution in [0.1, 0.15) is 49.5 Å². The van der Waals surface area contributed by atoms with Gasteiger partial charge in [0.25, 0.3) is 0 Å². The maximum atomic E-state index is 11.8. The molecule has 3 aliphatic rings. The first-order chi connectivity index (χ1) is 15.5. The Bertz CT molecular complexity index is 1190. The summed E-state index contributed by atoms with van der Waals surface area (Å²) in [6.45, 7) is 3.38. The molecule has 2 aliphatic carbocycles. The molecule has 1 aromatic heterocycles. The Balaban J connectivity index is 1.35. The van der Waals surface area contributed by atoms with Gasteiger partial charge < -0.3 is 19.8 Å². The number of carbonyl (C=O) groups is 1. The molecule has 166 valence electrons. The molecule has 1 aliphatic heterocycles. The van der Waals surface area contributed by atoms with E-state index in [1.165, 1.54) is 5.56 Å². The first kappa shape index (κ1) is 19.8. The summed E-state index contributed by atoms with van der Waals surface area (Å²) in [5.74, 6) is 2.22. The van der Waals surface area contributed by atoms with Crippen molar-refractivity contribution in [2.24, 2.45) is 5.73 Å². The summed E-state index contributed by atoms with van der Waals surface area (Å²) in [7, 11) is 0. The molecule has 2 heterocycles. The van der Waals surface area contributed by atoms with Crippen LogP contribution in [0.5, 0.6) is 11.5 Å². The van der Waals surface area contributed by atoms with E-state index >= 15 is 0 Å². The fourth-order valence-electron chi connectivity index (χ4n) is 5.02. The normalized spacial score (nSPS) is 25.3. The van der Waals surface area contributed by atoms with Crippen LogP contribution in [0.4, 0.5) is 0 Å². The van der Waals surface area contributed by atoms with Crippen LogP contribution in [0.15, 0.2) is 42.5 Å². The molecule has 3 N–H and O–H groups in total. The zero-order valence-corrected chi connectivity index (χ0v) is 18.3. The van der Waals surface area contributed by atoms with E-state index in [0.29, 0.717) is 6.54 Å². The average molecular weight is 433 g/mol.